The third-order valence-corrected chi connectivity index (χ3v) is 3.66. The van der Waals surface area contributed by atoms with Crippen LogP contribution in [0.2, 0.25) is 0 Å². The molecule has 0 bridgehead atoms. The second-order valence-corrected chi connectivity index (χ2v) is 5.42. The molecule has 2 N–H and O–H groups in total. The molecule has 2 aromatic rings. The predicted molar refractivity (Wildman–Crippen MR) is 95.4 cm³/mol. The van der Waals surface area contributed by atoms with Crippen molar-refractivity contribution in [1.29, 1.82) is 0 Å². The zero-order valence-corrected chi connectivity index (χ0v) is 14.6. The van der Waals surface area contributed by atoms with Gasteiger partial charge in [0.05, 0.1) is 14.2 Å². The number of rotatable bonds is 7. The van der Waals surface area contributed by atoms with Gasteiger partial charge in [-0.15, -0.1) is 0 Å². The molecule has 6 heteroatoms. The molecule has 0 aromatic heterocycles. The van der Waals surface area contributed by atoms with Crippen LogP contribution in [-0.2, 0) is 0 Å². The Morgan fingerprint density at radius 3 is 1.88 bits per heavy atom. The minimum absolute atomic E-state index is 0.177. The summed E-state index contributed by atoms with van der Waals surface area (Å²) in [5, 5.41) is 5.52. The molecule has 2 rings (SSSR count). The van der Waals surface area contributed by atoms with Gasteiger partial charge in [-0.2, -0.15) is 0 Å². The Kier molecular flexibility index (Phi) is 6.39. The molecule has 0 atom stereocenters. The number of ether oxygens (including phenoxy) is 2. The fourth-order valence-electron chi connectivity index (χ4n) is 2.32. The Labute approximate surface area is 147 Å². The van der Waals surface area contributed by atoms with Gasteiger partial charge in [-0.1, -0.05) is 23.8 Å². The van der Waals surface area contributed by atoms with E-state index in [1.54, 1.807) is 30.3 Å². The van der Waals surface area contributed by atoms with Gasteiger partial charge in [-0.25, -0.2) is 0 Å². The first kappa shape index (κ1) is 18.3. The van der Waals surface area contributed by atoms with Gasteiger partial charge < -0.3 is 20.1 Å². The van der Waals surface area contributed by atoms with Crippen LogP contribution in [0.25, 0.3) is 0 Å². The first-order valence-electron chi connectivity index (χ1n) is 7.91. The van der Waals surface area contributed by atoms with Crippen LogP contribution in [0, 0.1) is 6.92 Å². The topological polar surface area (TPSA) is 76.7 Å². The number of methoxy groups -OCH3 is 2. The SMILES string of the molecule is COc1cccc(OC)c1C(=O)NCCNC(=O)c1ccc(C)cc1. The summed E-state index contributed by atoms with van der Waals surface area (Å²) in [4.78, 5) is 24.4. The summed E-state index contributed by atoms with van der Waals surface area (Å²) in [6.45, 7) is 2.57. The fourth-order valence-corrected chi connectivity index (χ4v) is 2.32. The van der Waals surface area contributed by atoms with Crippen LogP contribution in [-0.4, -0.2) is 39.1 Å². The molecule has 25 heavy (non-hydrogen) atoms. The lowest BCUT2D eigenvalue weighted by Gasteiger charge is -2.13. The first-order valence-corrected chi connectivity index (χ1v) is 7.91. The lowest BCUT2D eigenvalue weighted by atomic mass is 10.1. The van der Waals surface area contributed by atoms with Gasteiger partial charge in [0, 0.05) is 18.7 Å². The maximum atomic E-state index is 12.4. The van der Waals surface area contributed by atoms with Gasteiger partial charge in [0.1, 0.15) is 17.1 Å². The highest BCUT2D eigenvalue weighted by Crippen LogP contribution is 2.27. The smallest absolute Gasteiger partial charge is 0.258 e. The molecule has 2 amide bonds. The molecule has 0 radical (unpaired) electrons. The standard InChI is InChI=1S/C19H22N2O4/c1-13-7-9-14(10-8-13)18(22)20-11-12-21-19(23)17-15(24-2)5-4-6-16(17)25-3/h4-10H,11-12H2,1-3H3,(H,20,22)(H,21,23). The van der Waals surface area contributed by atoms with Crippen LogP contribution < -0.4 is 20.1 Å². The molecule has 0 unspecified atom stereocenters. The molecule has 0 spiro atoms. The van der Waals surface area contributed by atoms with Crippen molar-refractivity contribution in [2.24, 2.45) is 0 Å². The molecule has 0 aliphatic rings. The molecule has 0 heterocycles. The summed E-state index contributed by atoms with van der Waals surface area (Å²) < 4.78 is 10.4. The van der Waals surface area contributed by atoms with E-state index in [1.165, 1.54) is 14.2 Å². The third kappa shape index (κ3) is 4.73. The van der Waals surface area contributed by atoms with Crippen LogP contribution in [0.4, 0.5) is 0 Å². The monoisotopic (exact) mass is 342 g/mol. The molecule has 132 valence electrons. The molecule has 0 aliphatic heterocycles. The van der Waals surface area contributed by atoms with Crippen molar-refractivity contribution in [1.82, 2.24) is 10.6 Å². The molecule has 0 aliphatic carbocycles. The number of nitrogens with one attached hydrogen (secondary N) is 2. The molecule has 0 fully saturated rings. The van der Waals surface area contributed by atoms with Crippen molar-refractivity contribution in [2.45, 2.75) is 6.92 Å². The van der Waals surface area contributed by atoms with E-state index >= 15 is 0 Å². The minimum atomic E-state index is -0.320. The van der Waals surface area contributed by atoms with E-state index < -0.39 is 0 Å². The Hall–Kier alpha value is -3.02. The highest BCUT2D eigenvalue weighted by Gasteiger charge is 2.17. The van der Waals surface area contributed by atoms with Gasteiger partial charge in [0.2, 0.25) is 0 Å². The summed E-state index contributed by atoms with van der Waals surface area (Å²) in [6, 6.07) is 12.4. The lowest BCUT2D eigenvalue weighted by Crippen LogP contribution is -2.35. The minimum Gasteiger partial charge on any atom is -0.496 e. The zero-order valence-electron chi connectivity index (χ0n) is 14.6. The van der Waals surface area contributed by atoms with E-state index in [2.05, 4.69) is 10.6 Å². The van der Waals surface area contributed by atoms with Crippen LogP contribution in [0.3, 0.4) is 0 Å². The van der Waals surface area contributed by atoms with Gasteiger partial charge in [-0.3, -0.25) is 9.59 Å². The van der Waals surface area contributed by atoms with Crippen molar-refractivity contribution >= 4 is 11.8 Å². The Morgan fingerprint density at radius 1 is 0.840 bits per heavy atom. The Morgan fingerprint density at radius 2 is 1.36 bits per heavy atom. The van der Waals surface area contributed by atoms with Gasteiger partial charge in [-0.05, 0) is 31.2 Å². The number of carbonyl (C=O) groups excluding carboxylic acids is 2. The normalized spacial score (nSPS) is 10.0. The average Bonchev–Trinajstić information content (AvgIpc) is 2.64. The summed E-state index contributed by atoms with van der Waals surface area (Å²) >= 11 is 0. The summed E-state index contributed by atoms with van der Waals surface area (Å²) in [5.74, 6) is 0.365. The van der Waals surface area contributed by atoms with Gasteiger partial charge in [0.15, 0.2) is 0 Å². The highest BCUT2D eigenvalue weighted by molar-refractivity contribution is 5.99. The van der Waals surface area contributed by atoms with E-state index in [1.807, 2.05) is 19.1 Å². The number of hydrogen-bond acceptors (Lipinski definition) is 4. The predicted octanol–water partition coefficient (Wildman–Crippen LogP) is 2.17. The maximum Gasteiger partial charge on any atom is 0.258 e. The number of carbonyl (C=O) groups is 2. The summed E-state index contributed by atoms with van der Waals surface area (Å²) in [5.41, 5.74) is 2.01. The van der Waals surface area contributed by atoms with Crippen LogP contribution in [0.1, 0.15) is 26.3 Å². The number of hydrogen-bond donors (Lipinski definition) is 2. The number of aryl methyl sites for hydroxylation is 1. The fraction of sp³-hybridized carbons (Fsp3) is 0.263. The molecule has 0 saturated heterocycles. The molecule has 6 nitrogen and oxygen atoms in total. The Balaban J connectivity index is 1.89. The molecular weight excluding hydrogens is 320 g/mol. The second-order valence-electron chi connectivity index (χ2n) is 5.42. The van der Waals surface area contributed by atoms with Crippen LogP contribution in [0.15, 0.2) is 42.5 Å². The summed E-state index contributed by atoms with van der Waals surface area (Å²) in [7, 11) is 2.99. The maximum absolute atomic E-state index is 12.4. The van der Waals surface area contributed by atoms with Crippen molar-refractivity contribution in [3.05, 3.63) is 59.2 Å². The largest absolute Gasteiger partial charge is 0.496 e. The number of amides is 2. The van der Waals surface area contributed by atoms with Crippen molar-refractivity contribution in [2.75, 3.05) is 27.3 Å². The molecule has 0 saturated carbocycles. The zero-order chi connectivity index (χ0) is 18.2. The van der Waals surface area contributed by atoms with Gasteiger partial charge >= 0.3 is 0 Å². The second kappa shape index (κ2) is 8.73. The van der Waals surface area contributed by atoms with E-state index in [0.29, 0.717) is 29.2 Å². The van der Waals surface area contributed by atoms with Crippen LogP contribution >= 0.6 is 0 Å². The lowest BCUT2D eigenvalue weighted by molar-refractivity contribution is 0.0924. The number of benzene rings is 2. The van der Waals surface area contributed by atoms with Gasteiger partial charge in [0.25, 0.3) is 11.8 Å². The first-order chi connectivity index (χ1) is 12.1. The van der Waals surface area contributed by atoms with E-state index in [0.717, 1.165) is 5.56 Å². The highest BCUT2D eigenvalue weighted by atomic mass is 16.5. The van der Waals surface area contributed by atoms with Crippen molar-refractivity contribution in [3.8, 4) is 11.5 Å². The summed E-state index contributed by atoms with van der Waals surface area (Å²) in [6.07, 6.45) is 0. The molecular formula is C19H22N2O4. The average molecular weight is 342 g/mol. The Bertz CT molecular complexity index is 719. The van der Waals surface area contributed by atoms with Crippen molar-refractivity contribution in [3.63, 3.8) is 0 Å². The van der Waals surface area contributed by atoms with Crippen molar-refractivity contribution < 1.29 is 19.1 Å². The van der Waals surface area contributed by atoms with E-state index in [9.17, 15) is 9.59 Å². The van der Waals surface area contributed by atoms with E-state index in [4.69, 9.17) is 9.47 Å². The quantitative estimate of drug-likeness (QED) is 0.756. The van der Waals surface area contributed by atoms with E-state index in [-0.39, 0.29) is 18.4 Å². The molecule has 2 aromatic carbocycles. The third-order valence-electron chi connectivity index (χ3n) is 3.66. The van der Waals surface area contributed by atoms with Crippen LogP contribution in [0.5, 0.6) is 11.5 Å².